The van der Waals surface area contributed by atoms with Crippen LogP contribution in [0, 0.1) is 5.92 Å². The van der Waals surface area contributed by atoms with Crippen molar-refractivity contribution in [2.45, 2.75) is 19.4 Å². The molecule has 0 spiro atoms. The van der Waals surface area contributed by atoms with E-state index in [2.05, 4.69) is 56.7 Å². The third-order valence-corrected chi connectivity index (χ3v) is 7.08. The maximum Gasteiger partial charge on any atom is 0.338 e. The fourth-order valence-electron chi connectivity index (χ4n) is 4.88. The van der Waals surface area contributed by atoms with Crippen molar-refractivity contribution >= 4 is 28.2 Å². The molecule has 1 atom stereocenters. The van der Waals surface area contributed by atoms with Gasteiger partial charge in [0, 0.05) is 59.3 Å². The van der Waals surface area contributed by atoms with E-state index in [9.17, 15) is 4.79 Å². The molecular weight excluding hydrogens is 418 g/mol. The highest BCUT2D eigenvalue weighted by atomic mass is 32.1. The molecule has 164 valence electrons. The number of benzene rings is 1. The predicted octanol–water partition coefficient (Wildman–Crippen LogP) is 5.56. The fourth-order valence-corrected chi connectivity index (χ4v) is 5.54. The third-order valence-electron chi connectivity index (χ3n) is 6.39. The summed E-state index contributed by atoms with van der Waals surface area (Å²) >= 11 is 1.67. The number of aromatic nitrogens is 2. The van der Waals surface area contributed by atoms with Crippen LogP contribution in [0.1, 0.15) is 23.2 Å². The molecule has 4 aromatic rings. The number of methoxy groups -OCH3 is 1. The Balaban J connectivity index is 1.64. The minimum atomic E-state index is -0.311. The number of pyridine rings is 1. The zero-order valence-corrected chi connectivity index (χ0v) is 19.3. The van der Waals surface area contributed by atoms with Gasteiger partial charge in [0.15, 0.2) is 0 Å². The van der Waals surface area contributed by atoms with Gasteiger partial charge in [0.2, 0.25) is 0 Å². The standard InChI is InChI=1S/C26H27N3O2S/c1-28-9-4-5-18(14-28)15-29-16-23(25-22(26(30)31-2)6-3-7-24(25)29)21-11-20(12-27-13-21)19-8-10-32-17-19/h3,6-8,10-13,16-18H,4-5,9,14-15H2,1-2H3. The number of hydrogen-bond donors (Lipinski definition) is 0. The minimum absolute atomic E-state index is 0.311. The number of likely N-dealkylation sites (tertiary alicyclic amines) is 1. The van der Waals surface area contributed by atoms with Gasteiger partial charge in [-0.15, -0.1) is 0 Å². The number of carbonyl (C=O) groups excluding carboxylic acids is 1. The molecule has 32 heavy (non-hydrogen) atoms. The summed E-state index contributed by atoms with van der Waals surface area (Å²) in [7, 11) is 3.64. The van der Waals surface area contributed by atoms with Crippen LogP contribution in [-0.2, 0) is 11.3 Å². The van der Waals surface area contributed by atoms with Crippen LogP contribution in [0.25, 0.3) is 33.2 Å². The highest BCUT2D eigenvalue weighted by Gasteiger charge is 2.22. The SMILES string of the molecule is COC(=O)c1cccc2c1c(-c1cncc(-c3ccsc3)c1)cn2CC1CCCN(C)C1. The molecule has 1 aliphatic rings. The molecule has 1 saturated heterocycles. The predicted molar refractivity (Wildman–Crippen MR) is 130 cm³/mol. The van der Waals surface area contributed by atoms with Crippen molar-refractivity contribution in [1.29, 1.82) is 0 Å². The van der Waals surface area contributed by atoms with Crippen LogP contribution in [0.4, 0.5) is 0 Å². The first-order valence-electron chi connectivity index (χ1n) is 11.0. The number of carbonyl (C=O) groups is 1. The molecule has 4 heterocycles. The number of esters is 1. The minimum Gasteiger partial charge on any atom is -0.465 e. The Morgan fingerprint density at radius 3 is 2.88 bits per heavy atom. The summed E-state index contributed by atoms with van der Waals surface area (Å²) in [5, 5.41) is 5.14. The van der Waals surface area contributed by atoms with E-state index in [0.717, 1.165) is 46.2 Å². The number of ether oxygens (including phenoxy) is 1. The largest absolute Gasteiger partial charge is 0.465 e. The highest BCUT2D eigenvalue weighted by Crippen LogP contribution is 2.36. The molecule has 0 bridgehead atoms. The molecule has 0 aliphatic carbocycles. The summed E-state index contributed by atoms with van der Waals surface area (Å²) in [5.41, 5.74) is 5.93. The molecule has 0 radical (unpaired) electrons. The maximum atomic E-state index is 12.7. The van der Waals surface area contributed by atoms with Crippen LogP contribution >= 0.6 is 11.3 Å². The summed E-state index contributed by atoms with van der Waals surface area (Å²) in [4.78, 5) is 19.6. The van der Waals surface area contributed by atoms with Crippen molar-refractivity contribution in [2.75, 3.05) is 27.2 Å². The first kappa shape index (κ1) is 20.9. The monoisotopic (exact) mass is 445 g/mol. The molecule has 1 aliphatic heterocycles. The number of nitrogens with zero attached hydrogens (tertiary/aromatic N) is 3. The molecule has 3 aromatic heterocycles. The van der Waals surface area contributed by atoms with E-state index in [0.29, 0.717) is 11.5 Å². The van der Waals surface area contributed by atoms with Gasteiger partial charge in [0.1, 0.15) is 0 Å². The van der Waals surface area contributed by atoms with Gasteiger partial charge in [-0.05, 0) is 72.9 Å². The normalized spacial score (nSPS) is 17.0. The van der Waals surface area contributed by atoms with Gasteiger partial charge in [-0.3, -0.25) is 4.98 Å². The summed E-state index contributed by atoms with van der Waals surface area (Å²) in [6.45, 7) is 3.20. The molecule has 6 heteroatoms. The summed E-state index contributed by atoms with van der Waals surface area (Å²) < 4.78 is 7.44. The van der Waals surface area contributed by atoms with E-state index < -0.39 is 0 Å². The molecule has 0 amide bonds. The van der Waals surface area contributed by atoms with E-state index in [1.165, 1.54) is 26.5 Å². The Morgan fingerprint density at radius 1 is 1.22 bits per heavy atom. The highest BCUT2D eigenvalue weighted by molar-refractivity contribution is 7.08. The molecule has 0 N–H and O–H groups in total. The van der Waals surface area contributed by atoms with E-state index in [1.807, 2.05) is 24.5 Å². The second kappa shape index (κ2) is 8.88. The lowest BCUT2D eigenvalue weighted by atomic mass is 9.98. The lowest BCUT2D eigenvalue weighted by Crippen LogP contribution is -2.33. The number of fused-ring (bicyclic) bond motifs is 1. The van der Waals surface area contributed by atoms with Crippen LogP contribution in [0.5, 0.6) is 0 Å². The summed E-state index contributed by atoms with van der Waals surface area (Å²) in [5.74, 6) is 0.281. The molecular formula is C26H27N3O2S. The van der Waals surface area contributed by atoms with E-state index >= 15 is 0 Å². The van der Waals surface area contributed by atoms with Crippen molar-refractivity contribution in [3.63, 3.8) is 0 Å². The molecule has 5 nitrogen and oxygen atoms in total. The lowest BCUT2D eigenvalue weighted by Gasteiger charge is -2.30. The van der Waals surface area contributed by atoms with Gasteiger partial charge in [0.25, 0.3) is 0 Å². The van der Waals surface area contributed by atoms with Crippen molar-refractivity contribution in [3.8, 4) is 22.3 Å². The Bertz CT molecular complexity index is 1250. The van der Waals surface area contributed by atoms with E-state index in [1.54, 1.807) is 11.3 Å². The molecule has 5 rings (SSSR count). The lowest BCUT2D eigenvalue weighted by molar-refractivity contribution is 0.0603. The molecule has 0 saturated carbocycles. The Morgan fingerprint density at radius 2 is 2.09 bits per heavy atom. The van der Waals surface area contributed by atoms with Gasteiger partial charge in [0.05, 0.1) is 12.7 Å². The zero-order valence-electron chi connectivity index (χ0n) is 18.5. The molecule has 1 aromatic carbocycles. The molecule has 1 unspecified atom stereocenters. The second-order valence-corrected chi connectivity index (χ2v) is 9.41. The molecule has 1 fully saturated rings. The first-order valence-corrected chi connectivity index (χ1v) is 11.9. The van der Waals surface area contributed by atoms with Crippen LogP contribution in [-0.4, -0.2) is 47.7 Å². The number of piperidine rings is 1. The quantitative estimate of drug-likeness (QED) is 0.377. The topological polar surface area (TPSA) is 47.4 Å². The summed E-state index contributed by atoms with van der Waals surface area (Å²) in [6, 6.07) is 10.2. The number of thiophene rings is 1. The Hall–Kier alpha value is -2.96. The first-order chi connectivity index (χ1) is 15.6. The number of rotatable bonds is 5. The Kier molecular flexibility index (Phi) is 5.81. The van der Waals surface area contributed by atoms with E-state index in [-0.39, 0.29) is 5.97 Å². The van der Waals surface area contributed by atoms with Gasteiger partial charge >= 0.3 is 5.97 Å². The van der Waals surface area contributed by atoms with Crippen LogP contribution in [0.3, 0.4) is 0 Å². The Labute approximate surface area is 192 Å². The summed E-state index contributed by atoms with van der Waals surface area (Å²) in [6.07, 6.45) is 8.43. The maximum absolute atomic E-state index is 12.7. The average molecular weight is 446 g/mol. The van der Waals surface area contributed by atoms with Gasteiger partial charge < -0.3 is 14.2 Å². The van der Waals surface area contributed by atoms with Crippen LogP contribution < -0.4 is 0 Å². The number of hydrogen-bond acceptors (Lipinski definition) is 5. The third kappa shape index (κ3) is 3.96. The van der Waals surface area contributed by atoms with Gasteiger partial charge in [-0.25, -0.2) is 4.79 Å². The fraction of sp³-hybridized carbons (Fsp3) is 0.308. The van der Waals surface area contributed by atoms with Gasteiger partial charge in [-0.2, -0.15) is 11.3 Å². The van der Waals surface area contributed by atoms with Crippen LogP contribution in [0.2, 0.25) is 0 Å². The van der Waals surface area contributed by atoms with Crippen molar-refractivity contribution in [2.24, 2.45) is 5.92 Å². The second-order valence-electron chi connectivity index (χ2n) is 8.63. The van der Waals surface area contributed by atoms with Crippen LogP contribution in [0.15, 0.2) is 59.7 Å². The van der Waals surface area contributed by atoms with Crippen molar-refractivity contribution in [1.82, 2.24) is 14.5 Å². The van der Waals surface area contributed by atoms with Crippen molar-refractivity contribution < 1.29 is 9.53 Å². The van der Waals surface area contributed by atoms with Crippen molar-refractivity contribution in [3.05, 3.63) is 65.2 Å². The average Bonchev–Trinajstić information content (AvgIpc) is 3.48. The van der Waals surface area contributed by atoms with E-state index in [4.69, 9.17) is 4.74 Å². The zero-order chi connectivity index (χ0) is 22.1. The smallest absolute Gasteiger partial charge is 0.338 e. The van der Waals surface area contributed by atoms with Gasteiger partial charge in [-0.1, -0.05) is 6.07 Å².